The zero-order chi connectivity index (χ0) is 20.8. The Morgan fingerprint density at radius 2 is 2.07 bits per heavy atom. The van der Waals surface area contributed by atoms with E-state index in [1.54, 1.807) is 37.7 Å². The molecule has 3 heterocycles. The molecule has 0 spiro atoms. The highest BCUT2D eigenvalue weighted by molar-refractivity contribution is 9.10. The molecule has 8 heteroatoms. The zero-order valence-corrected chi connectivity index (χ0v) is 18.7. The minimum Gasteiger partial charge on any atom is -0.507 e. The second-order valence-corrected chi connectivity index (χ2v) is 8.90. The second-order valence-electron chi connectivity index (χ2n) is 7.05. The van der Waals surface area contributed by atoms with E-state index in [9.17, 15) is 5.11 Å². The van der Waals surface area contributed by atoms with Gasteiger partial charge in [-0.2, -0.15) is 5.10 Å². The number of hydrazone groups is 1. The van der Waals surface area contributed by atoms with Gasteiger partial charge in [-0.05, 0) is 46.3 Å². The van der Waals surface area contributed by atoms with Crippen LogP contribution < -0.4 is 14.2 Å². The molecule has 0 amide bonds. The summed E-state index contributed by atoms with van der Waals surface area (Å²) >= 11 is 5.14. The van der Waals surface area contributed by atoms with Crippen molar-refractivity contribution in [3.05, 3.63) is 68.3 Å². The van der Waals surface area contributed by atoms with Crippen LogP contribution in [0.5, 0.6) is 23.0 Å². The lowest BCUT2D eigenvalue weighted by Gasteiger charge is -2.38. The molecule has 154 valence electrons. The third-order valence-corrected chi connectivity index (χ3v) is 7.07. The summed E-state index contributed by atoms with van der Waals surface area (Å²) in [4.78, 5) is 1.03. The average molecular weight is 487 g/mol. The Morgan fingerprint density at radius 3 is 2.80 bits per heavy atom. The van der Waals surface area contributed by atoms with Gasteiger partial charge in [0, 0.05) is 27.4 Å². The van der Waals surface area contributed by atoms with E-state index in [-0.39, 0.29) is 18.0 Å². The summed E-state index contributed by atoms with van der Waals surface area (Å²) < 4.78 is 18.3. The fraction of sp³-hybridized carbons (Fsp3) is 0.227. The molecule has 0 saturated carbocycles. The first kappa shape index (κ1) is 19.3. The Balaban J connectivity index is 1.63. The molecule has 0 radical (unpaired) electrons. The maximum Gasteiger partial charge on any atom is 0.223 e. The van der Waals surface area contributed by atoms with E-state index < -0.39 is 0 Å². The standard InChI is InChI=1S/C22H19BrN2O4S/c1-27-13-6-7-18(26)15(9-13)16-10-17-14-4-3-5-19(28-2)21(14)29-22(25(17)24-16)20-8-12(23)11-30-20/h3-9,11,17,22,26H,10H2,1-2H3/t17-,22+/m0/s1. The van der Waals surface area contributed by atoms with Gasteiger partial charge in [-0.25, -0.2) is 5.01 Å². The van der Waals surface area contributed by atoms with Crippen LogP contribution in [-0.4, -0.2) is 30.0 Å². The molecule has 0 saturated heterocycles. The van der Waals surface area contributed by atoms with Gasteiger partial charge >= 0.3 is 0 Å². The number of phenolic OH excluding ortho intramolecular Hbond substituents is 1. The molecule has 1 aromatic heterocycles. The normalized spacial score (nSPS) is 19.6. The van der Waals surface area contributed by atoms with Gasteiger partial charge in [-0.3, -0.25) is 0 Å². The summed E-state index contributed by atoms with van der Waals surface area (Å²) in [5.74, 6) is 2.29. The summed E-state index contributed by atoms with van der Waals surface area (Å²) in [5, 5.41) is 19.4. The number of methoxy groups -OCH3 is 2. The van der Waals surface area contributed by atoms with Crippen LogP contribution in [0.4, 0.5) is 0 Å². The molecule has 0 bridgehead atoms. The SMILES string of the molecule is COc1ccc(O)c(C2=NN3[C@@H](c4cc(Br)cs4)Oc4c(OC)cccc4[C@@H]3C2)c1. The van der Waals surface area contributed by atoms with Crippen molar-refractivity contribution in [2.75, 3.05) is 14.2 Å². The second kappa shape index (κ2) is 7.52. The zero-order valence-electron chi connectivity index (χ0n) is 16.3. The molecule has 30 heavy (non-hydrogen) atoms. The summed E-state index contributed by atoms with van der Waals surface area (Å²) in [6, 6.07) is 13.1. The first-order valence-electron chi connectivity index (χ1n) is 9.39. The van der Waals surface area contributed by atoms with E-state index in [2.05, 4.69) is 15.9 Å². The quantitative estimate of drug-likeness (QED) is 0.529. The number of halogens is 1. The monoisotopic (exact) mass is 486 g/mol. The van der Waals surface area contributed by atoms with Crippen LogP contribution in [0.3, 0.4) is 0 Å². The Morgan fingerprint density at radius 1 is 1.20 bits per heavy atom. The Hall–Kier alpha value is -2.71. The molecule has 3 aromatic rings. The van der Waals surface area contributed by atoms with Gasteiger partial charge in [0.1, 0.15) is 11.5 Å². The third-order valence-electron chi connectivity index (χ3n) is 5.35. The molecular weight excluding hydrogens is 468 g/mol. The number of phenols is 1. The van der Waals surface area contributed by atoms with Crippen LogP contribution >= 0.6 is 27.3 Å². The molecule has 0 aliphatic carbocycles. The third kappa shape index (κ3) is 3.11. The van der Waals surface area contributed by atoms with Crippen LogP contribution in [0, 0.1) is 0 Å². The van der Waals surface area contributed by atoms with Gasteiger partial charge in [0.05, 0.1) is 30.9 Å². The largest absolute Gasteiger partial charge is 0.507 e. The lowest BCUT2D eigenvalue weighted by atomic mass is 9.95. The van der Waals surface area contributed by atoms with Crippen molar-refractivity contribution in [3.63, 3.8) is 0 Å². The van der Waals surface area contributed by atoms with Gasteiger partial charge in [-0.15, -0.1) is 11.3 Å². The van der Waals surface area contributed by atoms with E-state index in [4.69, 9.17) is 19.3 Å². The van der Waals surface area contributed by atoms with E-state index in [1.165, 1.54) is 0 Å². The highest BCUT2D eigenvalue weighted by atomic mass is 79.9. The molecule has 2 aliphatic heterocycles. The molecule has 0 unspecified atom stereocenters. The lowest BCUT2D eigenvalue weighted by Crippen LogP contribution is -2.33. The summed E-state index contributed by atoms with van der Waals surface area (Å²) in [5.41, 5.74) is 2.47. The van der Waals surface area contributed by atoms with E-state index in [0.717, 1.165) is 26.4 Å². The van der Waals surface area contributed by atoms with Crippen LogP contribution in [0.1, 0.15) is 34.7 Å². The van der Waals surface area contributed by atoms with Crippen molar-refractivity contribution >= 4 is 33.0 Å². The maximum atomic E-state index is 10.5. The number of hydrogen-bond acceptors (Lipinski definition) is 7. The van der Waals surface area contributed by atoms with Crippen molar-refractivity contribution in [1.29, 1.82) is 0 Å². The first-order chi connectivity index (χ1) is 14.6. The topological polar surface area (TPSA) is 63.5 Å². The predicted molar refractivity (Wildman–Crippen MR) is 119 cm³/mol. The fourth-order valence-electron chi connectivity index (χ4n) is 3.93. The molecule has 2 aromatic carbocycles. The maximum absolute atomic E-state index is 10.5. The van der Waals surface area contributed by atoms with Crippen LogP contribution in [0.25, 0.3) is 0 Å². The molecule has 6 nitrogen and oxygen atoms in total. The summed E-state index contributed by atoms with van der Waals surface area (Å²) in [7, 11) is 3.25. The van der Waals surface area contributed by atoms with Gasteiger partial charge in [0.25, 0.3) is 0 Å². The molecule has 5 rings (SSSR count). The van der Waals surface area contributed by atoms with Crippen LogP contribution in [-0.2, 0) is 0 Å². The smallest absolute Gasteiger partial charge is 0.223 e. The van der Waals surface area contributed by atoms with Crippen molar-refractivity contribution < 1.29 is 19.3 Å². The average Bonchev–Trinajstić information content (AvgIpc) is 3.40. The van der Waals surface area contributed by atoms with Crippen LogP contribution in [0.15, 0.2) is 57.4 Å². The van der Waals surface area contributed by atoms with E-state index >= 15 is 0 Å². The van der Waals surface area contributed by atoms with Gasteiger partial charge in [0.15, 0.2) is 11.5 Å². The van der Waals surface area contributed by atoms with Crippen molar-refractivity contribution in [2.45, 2.75) is 18.7 Å². The summed E-state index contributed by atoms with van der Waals surface area (Å²) in [6.07, 6.45) is 0.244. The number of nitrogens with zero attached hydrogens (tertiary/aromatic N) is 2. The molecule has 0 fully saturated rings. The molecule has 2 aliphatic rings. The lowest BCUT2D eigenvalue weighted by molar-refractivity contribution is -0.0185. The van der Waals surface area contributed by atoms with Crippen molar-refractivity contribution in [1.82, 2.24) is 5.01 Å². The van der Waals surface area contributed by atoms with E-state index in [1.807, 2.05) is 40.7 Å². The number of ether oxygens (including phenoxy) is 3. The Labute approximate surface area is 186 Å². The van der Waals surface area contributed by atoms with Crippen molar-refractivity contribution in [2.24, 2.45) is 5.10 Å². The highest BCUT2D eigenvalue weighted by Crippen LogP contribution is 2.51. The molecular formula is C22H19BrN2O4S. The summed E-state index contributed by atoms with van der Waals surface area (Å²) in [6.45, 7) is 0. The Bertz CT molecular complexity index is 1150. The fourth-order valence-corrected chi connectivity index (χ4v) is 5.39. The number of fused-ring (bicyclic) bond motifs is 3. The Kier molecular flexibility index (Phi) is 4.83. The number of para-hydroxylation sites is 1. The number of rotatable bonds is 4. The molecule has 1 N–H and O–H groups in total. The highest BCUT2D eigenvalue weighted by Gasteiger charge is 2.43. The number of thiophene rings is 1. The minimum absolute atomic E-state index is 0.0321. The van der Waals surface area contributed by atoms with Crippen LogP contribution in [0.2, 0.25) is 0 Å². The van der Waals surface area contributed by atoms with Crippen molar-refractivity contribution in [3.8, 4) is 23.0 Å². The van der Waals surface area contributed by atoms with Gasteiger partial charge in [-0.1, -0.05) is 12.1 Å². The first-order valence-corrected chi connectivity index (χ1v) is 11.1. The minimum atomic E-state index is -0.389. The number of hydrogen-bond donors (Lipinski definition) is 1. The number of benzene rings is 2. The van der Waals surface area contributed by atoms with Gasteiger partial charge in [0.2, 0.25) is 6.23 Å². The number of aromatic hydroxyl groups is 1. The van der Waals surface area contributed by atoms with E-state index in [0.29, 0.717) is 23.5 Å². The van der Waals surface area contributed by atoms with Gasteiger partial charge < -0.3 is 19.3 Å². The predicted octanol–water partition coefficient (Wildman–Crippen LogP) is 5.48. The molecule has 2 atom stereocenters.